The summed E-state index contributed by atoms with van der Waals surface area (Å²) in [5.74, 6) is 0.537. The first-order valence-corrected chi connectivity index (χ1v) is 8.33. The van der Waals surface area contributed by atoms with Crippen LogP contribution < -0.4 is 0 Å². The van der Waals surface area contributed by atoms with E-state index in [1.165, 1.54) is 0 Å². The average molecular weight is 322 g/mol. The van der Waals surface area contributed by atoms with E-state index in [9.17, 15) is 8.42 Å². The van der Waals surface area contributed by atoms with Gasteiger partial charge in [0.05, 0.1) is 11.5 Å². The molecule has 0 unspecified atom stereocenters. The zero-order chi connectivity index (χ0) is 11.6. The molecule has 3 nitrogen and oxygen atoms in total. The van der Waals surface area contributed by atoms with Gasteiger partial charge >= 0.3 is 0 Å². The van der Waals surface area contributed by atoms with Gasteiger partial charge in [0, 0.05) is 22.5 Å². The lowest BCUT2D eigenvalue weighted by molar-refractivity contribution is 0.489. The second kappa shape index (κ2) is 5.08. The molecule has 0 aromatic heterocycles. The Morgan fingerprint density at radius 2 is 1.81 bits per heavy atom. The topological polar surface area (TPSA) is 37.4 Å². The van der Waals surface area contributed by atoms with Crippen molar-refractivity contribution in [2.75, 3.05) is 24.6 Å². The minimum absolute atomic E-state index is 0.268. The fourth-order valence-corrected chi connectivity index (χ4v) is 4.32. The molecule has 2 rings (SSSR count). The predicted octanol–water partition coefficient (Wildman–Crippen LogP) is 2.19. The Bertz CT molecular complexity index is 461. The van der Waals surface area contributed by atoms with E-state index < -0.39 is 9.84 Å². The molecule has 1 fully saturated rings. The molecule has 6 heteroatoms. The van der Waals surface area contributed by atoms with Gasteiger partial charge in [0.1, 0.15) is 0 Å². The van der Waals surface area contributed by atoms with E-state index in [1.54, 1.807) is 11.9 Å². The molecule has 0 N–H and O–H groups in total. The molecule has 0 bridgehead atoms. The molecule has 16 heavy (non-hydrogen) atoms. The molecule has 88 valence electrons. The molecule has 0 spiro atoms. The molecular formula is C10H12BrNO2S2. The molecule has 1 aromatic carbocycles. The molecule has 0 amide bonds. The first-order chi connectivity index (χ1) is 7.57. The summed E-state index contributed by atoms with van der Waals surface area (Å²) in [6, 6.07) is 7.96. The predicted molar refractivity (Wildman–Crippen MR) is 70.2 cm³/mol. The first kappa shape index (κ1) is 12.4. The number of hydrogen-bond donors (Lipinski definition) is 0. The largest absolute Gasteiger partial charge is 0.244 e. The van der Waals surface area contributed by atoms with Gasteiger partial charge in [0.25, 0.3) is 0 Å². The van der Waals surface area contributed by atoms with Crippen LogP contribution in [-0.4, -0.2) is 37.3 Å². The van der Waals surface area contributed by atoms with Crippen molar-refractivity contribution in [3.8, 4) is 0 Å². The maximum atomic E-state index is 11.3. The minimum atomic E-state index is -2.78. The van der Waals surface area contributed by atoms with Gasteiger partial charge in [-0.25, -0.2) is 12.7 Å². The van der Waals surface area contributed by atoms with Gasteiger partial charge in [-0.1, -0.05) is 12.1 Å². The number of nitrogens with zero attached hydrogens (tertiary/aromatic N) is 1. The van der Waals surface area contributed by atoms with Crippen LogP contribution in [0.4, 0.5) is 0 Å². The van der Waals surface area contributed by atoms with Crippen molar-refractivity contribution in [3.63, 3.8) is 0 Å². The molecule has 0 saturated carbocycles. The molecule has 1 aliphatic rings. The van der Waals surface area contributed by atoms with E-state index in [-0.39, 0.29) is 11.5 Å². The molecule has 1 saturated heterocycles. The fourth-order valence-electron chi connectivity index (χ4n) is 1.44. The maximum absolute atomic E-state index is 11.3. The highest BCUT2D eigenvalue weighted by Crippen LogP contribution is 2.30. The van der Waals surface area contributed by atoms with Crippen LogP contribution in [0.25, 0.3) is 0 Å². The van der Waals surface area contributed by atoms with Crippen molar-refractivity contribution in [2.24, 2.45) is 0 Å². The minimum Gasteiger partial charge on any atom is -0.244 e. The quantitative estimate of drug-likeness (QED) is 0.782. The summed E-state index contributed by atoms with van der Waals surface area (Å²) in [6.07, 6.45) is 0. The highest BCUT2D eigenvalue weighted by molar-refractivity contribution is 9.10. The Balaban J connectivity index is 2.00. The number of benzene rings is 1. The van der Waals surface area contributed by atoms with E-state index >= 15 is 0 Å². The van der Waals surface area contributed by atoms with Crippen LogP contribution >= 0.6 is 27.9 Å². The number of sulfone groups is 1. The molecule has 1 aromatic rings. The monoisotopic (exact) mass is 321 g/mol. The zero-order valence-corrected chi connectivity index (χ0v) is 11.8. The zero-order valence-electron chi connectivity index (χ0n) is 8.60. The van der Waals surface area contributed by atoms with Crippen LogP contribution in [0, 0.1) is 0 Å². The average Bonchev–Trinajstić information content (AvgIpc) is 2.24. The van der Waals surface area contributed by atoms with Gasteiger partial charge in [-0.3, -0.25) is 0 Å². The van der Waals surface area contributed by atoms with E-state index in [4.69, 9.17) is 0 Å². The third-order valence-electron chi connectivity index (χ3n) is 2.37. The Kier molecular flexibility index (Phi) is 3.94. The van der Waals surface area contributed by atoms with Crippen LogP contribution in [-0.2, 0) is 9.84 Å². The summed E-state index contributed by atoms with van der Waals surface area (Å²) in [6.45, 7) is 1.21. The third-order valence-corrected chi connectivity index (χ3v) is 6.11. The van der Waals surface area contributed by atoms with Crippen molar-refractivity contribution in [3.05, 3.63) is 28.7 Å². The van der Waals surface area contributed by atoms with Crippen molar-refractivity contribution >= 4 is 37.7 Å². The van der Waals surface area contributed by atoms with Gasteiger partial charge in [0.15, 0.2) is 9.84 Å². The van der Waals surface area contributed by atoms with Crippen LogP contribution in [0.3, 0.4) is 0 Å². The summed E-state index contributed by atoms with van der Waals surface area (Å²) in [5.41, 5.74) is 0. The van der Waals surface area contributed by atoms with Gasteiger partial charge < -0.3 is 0 Å². The van der Waals surface area contributed by atoms with Crippen molar-refractivity contribution in [2.45, 2.75) is 4.90 Å². The van der Waals surface area contributed by atoms with Crippen LogP contribution in [0.5, 0.6) is 0 Å². The molecule has 0 atom stereocenters. The van der Waals surface area contributed by atoms with Crippen molar-refractivity contribution < 1.29 is 8.42 Å². The lowest BCUT2D eigenvalue weighted by Gasteiger charge is -2.25. The van der Waals surface area contributed by atoms with Crippen LogP contribution in [0.1, 0.15) is 0 Å². The maximum Gasteiger partial charge on any atom is 0.152 e. The van der Waals surface area contributed by atoms with Crippen molar-refractivity contribution in [1.29, 1.82) is 0 Å². The highest BCUT2D eigenvalue weighted by Gasteiger charge is 2.22. The Morgan fingerprint density at radius 3 is 2.44 bits per heavy atom. The molecule has 1 aliphatic heterocycles. The first-order valence-electron chi connectivity index (χ1n) is 4.95. The van der Waals surface area contributed by atoms with Gasteiger partial charge in [-0.05, 0) is 40.0 Å². The van der Waals surface area contributed by atoms with Gasteiger partial charge in [-0.15, -0.1) is 0 Å². The van der Waals surface area contributed by atoms with Crippen LogP contribution in [0.15, 0.2) is 33.6 Å². The molecule has 0 radical (unpaired) electrons. The number of rotatable bonds is 2. The second-order valence-corrected chi connectivity index (χ2v) is 7.90. The summed E-state index contributed by atoms with van der Waals surface area (Å²) < 4.78 is 25.7. The summed E-state index contributed by atoms with van der Waals surface area (Å²) >= 11 is 5.09. The summed E-state index contributed by atoms with van der Waals surface area (Å²) in [5, 5.41) is 0. The van der Waals surface area contributed by atoms with Crippen LogP contribution in [0.2, 0.25) is 0 Å². The Labute approximate surface area is 108 Å². The van der Waals surface area contributed by atoms with E-state index in [2.05, 4.69) is 20.2 Å². The van der Waals surface area contributed by atoms with E-state index in [1.807, 2.05) is 24.3 Å². The molecular weight excluding hydrogens is 310 g/mol. The van der Waals surface area contributed by atoms with Gasteiger partial charge in [-0.2, -0.15) is 0 Å². The smallest absolute Gasteiger partial charge is 0.152 e. The second-order valence-electron chi connectivity index (χ2n) is 3.60. The van der Waals surface area contributed by atoms with Gasteiger partial charge in [0.2, 0.25) is 0 Å². The van der Waals surface area contributed by atoms with E-state index in [0.717, 1.165) is 9.37 Å². The fraction of sp³-hybridized carbons (Fsp3) is 0.400. The molecule has 1 heterocycles. The Hall–Kier alpha value is -0.0400. The molecule has 0 aliphatic carbocycles. The SMILES string of the molecule is O=S1(=O)CCN(Sc2ccccc2Br)CC1. The number of halogens is 1. The van der Waals surface area contributed by atoms with Crippen molar-refractivity contribution in [1.82, 2.24) is 4.31 Å². The van der Waals surface area contributed by atoms with E-state index in [0.29, 0.717) is 13.1 Å². The third kappa shape index (κ3) is 3.23. The summed E-state index contributed by atoms with van der Waals surface area (Å²) in [7, 11) is -2.78. The Morgan fingerprint density at radius 1 is 1.19 bits per heavy atom. The normalized spacial score (nSPS) is 20.8. The number of hydrogen-bond acceptors (Lipinski definition) is 4. The lowest BCUT2D eigenvalue weighted by atomic mass is 10.4. The highest BCUT2D eigenvalue weighted by atomic mass is 79.9. The standard InChI is InChI=1S/C10H12BrNO2S2/c11-9-3-1-2-4-10(9)15-12-5-7-16(13,14)8-6-12/h1-4H,5-8H2. The summed E-state index contributed by atoms with van der Waals surface area (Å²) in [4.78, 5) is 1.13. The lowest BCUT2D eigenvalue weighted by Crippen LogP contribution is -2.35.